The van der Waals surface area contributed by atoms with Crippen LogP contribution in [-0.4, -0.2) is 26.0 Å². The van der Waals surface area contributed by atoms with Crippen LogP contribution in [0.15, 0.2) is 91.1 Å². The van der Waals surface area contributed by atoms with Crippen molar-refractivity contribution in [1.29, 1.82) is 0 Å². The Bertz CT molecular complexity index is 1680. The third-order valence-corrected chi connectivity index (χ3v) is 6.77. The molecule has 0 saturated heterocycles. The summed E-state index contributed by atoms with van der Waals surface area (Å²) in [5.41, 5.74) is 3.71. The van der Waals surface area contributed by atoms with Gasteiger partial charge in [0, 0.05) is 39.4 Å². The summed E-state index contributed by atoms with van der Waals surface area (Å²) in [6, 6.07) is 27.7. The fraction of sp³-hybridized carbons (Fsp3) is 0.0667. The van der Waals surface area contributed by atoms with Crippen molar-refractivity contribution in [3.8, 4) is 39.9 Å². The second-order valence-corrected chi connectivity index (χ2v) is 9.26. The number of ether oxygens (including phenoxy) is 1. The summed E-state index contributed by atoms with van der Waals surface area (Å²) < 4.78 is 6.36. The van der Waals surface area contributed by atoms with Gasteiger partial charge >= 0.3 is 0 Å². The van der Waals surface area contributed by atoms with E-state index < -0.39 is 0 Å². The number of pyridine rings is 1. The number of halogens is 1. The number of rotatable bonds is 3. The first-order chi connectivity index (χ1) is 17.7. The average Bonchev–Trinajstić information content (AvgIpc) is 3.28. The standard InChI is InChI=1S/C30H19ClN4O/c31-21-15-23(27-22-14-20-12-7-13-32-24(20)17-25(22)36-26(27)16-21)30-34-28(18-8-3-1-4-9-18)33-29(35-30)19-10-5-2-6-11-19/h1-17,22,25H. The fourth-order valence-corrected chi connectivity index (χ4v) is 5.12. The van der Waals surface area contributed by atoms with Crippen LogP contribution in [0.5, 0.6) is 5.75 Å². The Morgan fingerprint density at radius 3 is 2.06 bits per heavy atom. The van der Waals surface area contributed by atoms with Gasteiger partial charge in [0.15, 0.2) is 17.5 Å². The summed E-state index contributed by atoms with van der Waals surface area (Å²) in [4.78, 5) is 19.2. The van der Waals surface area contributed by atoms with E-state index in [0.717, 1.165) is 38.6 Å². The van der Waals surface area contributed by atoms with Crippen molar-refractivity contribution in [1.82, 2.24) is 19.9 Å². The van der Waals surface area contributed by atoms with Gasteiger partial charge in [-0.3, -0.25) is 4.98 Å². The van der Waals surface area contributed by atoms with Crippen molar-refractivity contribution >= 4 is 23.8 Å². The normalized spacial score (nSPS) is 17.1. The van der Waals surface area contributed by atoms with Gasteiger partial charge < -0.3 is 4.74 Å². The lowest BCUT2D eigenvalue weighted by molar-refractivity contribution is 0.287. The first-order valence-corrected chi connectivity index (χ1v) is 12.1. The minimum absolute atomic E-state index is 0.00100. The van der Waals surface area contributed by atoms with Gasteiger partial charge in [-0.15, -0.1) is 0 Å². The second-order valence-electron chi connectivity index (χ2n) is 8.82. The molecule has 6 heteroatoms. The Labute approximate surface area is 212 Å². The molecule has 0 amide bonds. The van der Waals surface area contributed by atoms with Gasteiger partial charge in [-0.1, -0.05) is 84.4 Å². The smallest absolute Gasteiger partial charge is 0.164 e. The molecule has 172 valence electrons. The maximum Gasteiger partial charge on any atom is 0.164 e. The van der Waals surface area contributed by atoms with Crippen molar-refractivity contribution < 1.29 is 4.74 Å². The topological polar surface area (TPSA) is 60.8 Å². The van der Waals surface area contributed by atoms with Crippen LogP contribution in [-0.2, 0) is 0 Å². The minimum atomic E-state index is -0.163. The number of hydrogen-bond acceptors (Lipinski definition) is 5. The molecule has 5 nitrogen and oxygen atoms in total. The SMILES string of the molecule is Clc1cc2c(c(-c3nc(-c4ccccc4)nc(-c4ccccc4)n3)c1)C1C=c3cccnc3=CC1O2. The molecular weight excluding hydrogens is 468 g/mol. The Morgan fingerprint density at radius 1 is 0.694 bits per heavy atom. The largest absolute Gasteiger partial charge is 0.485 e. The molecule has 0 fully saturated rings. The van der Waals surface area contributed by atoms with Crippen LogP contribution in [0, 0.1) is 0 Å². The molecule has 0 saturated carbocycles. The molecule has 36 heavy (non-hydrogen) atoms. The number of hydrogen-bond donors (Lipinski definition) is 0. The quantitative estimate of drug-likeness (QED) is 0.357. The summed E-state index contributed by atoms with van der Waals surface area (Å²) in [7, 11) is 0. The lowest BCUT2D eigenvalue weighted by atomic mass is 9.88. The van der Waals surface area contributed by atoms with Crippen LogP contribution >= 0.6 is 11.6 Å². The maximum absolute atomic E-state index is 6.59. The lowest BCUT2D eigenvalue weighted by Gasteiger charge is -2.17. The predicted molar refractivity (Wildman–Crippen MR) is 141 cm³/mol. The summed E-state index contributed by atoms with van der Waals surface area (Å²) >= 11 is 6.59. The van der Waals surface area contributed by atoms with E-state index in [4.69, 9.17) is 31.3 Å². The summed E-state index contributed by atoms with van der Waals surface area (Å²) in [5, 5.41) is 2.58. The van der Waals surface area contributed by atoms with Gasteiger partial charge in [-0.25, -0.2) is 15.0 Å². The molecule has 2 aromatic heterocycles. The van der Waals surface area contributed by atoms with Crippen LogP contribution in [0.3, 0.4) is 0 Å². The van der Waals surface area contributed by atoms with E-state index >= 15 is 0 Å². The first kappa shape index (κ1) is 21.0. The maximum atomic E-state index is 6.59. The third kappa shape index (κ3) is 3.56. The molecule has 2 unspecified atom stereocenters. The van der Waals surface area contributed by atoms with Gasteiger partial charge in [0.05, 0.1) is 5.35 Å². The van der Waals surface area contributed by atoms with E-state index in [-0.39, 0.29) is 12.0 Å². The van der Waals surface area contributed by atoms with Crippen molar-refractivity contribution in [3.05, 3.63) is 112 Å². The molecule has 1 aliphatic carbocycles. The van der Waals surface area contributed by atoms with Crippen LogP contribution in [0.1, 0.15) is 11.5 Å². The fourth-order valence-electron chi connectivity index (χ4n) is 4.91. The highest BCUT2D eigenvalue weighted by Gasteiger charge is 2.36. The van der Waals surface area contributed by atoms with Gasteiger partial charge in [-0.05, 0) is 29.5 Å². The van der Waals surface area contributed by atoms with Crippen molar-refractivity contribution in [2.75, 3.05) is 0 Å². The van der Waals surface area contributed by atoms with Crippen LogP contribution in [0.25, 0.3) is 46.3 Å². The molecule has 0 spiro atoms. The van der Waals surface area contributed by atoms with E-state index in [1.807, 2.05) is 78.9 Å². The molecule has 2 atom stereocenters. The van der Waals surface area contributed by atoms with Crippen molar-refractivity contribution in [3.63, 3.8) is 0 Å². The molecule has 3 aromatic carbocycles. The summed E-state index contributed by atoms with van der Waals surface area (Å²) in [6.07, 6.45) is 5.93. The summed E-state index contributed by atoms with van der Waals surface area (Å²) in [5.74, 6) is 2.53. The molecule has 0 radical (unpaired) electrons. The predicted octanol–water partition coefficient (Wildman–Crippen LogP) is 5.04. The zero-order valence-corrected chi connectivity index (χ0v) is 19.8. The highest BCUT2D eigenvalue weighted by Crippen LogP contribution is 2.47. The highest BCUT2D eigenvalue weighted by atomic mass is 35.5. The molecule has 1 aliphatic heterocycles. The first-order valence-electron chi connectivity index (χ1n) is 11.7. The van der Waals surface area contributed by atoms with E-state index in [9.17, 15) is 0 Å². The molecule has 2 aliphatic rings. The van der Waals surface area contributed by atoms with E-state index in [0.29, 0.717) is 22.5 Å². The van der Waals surface area contributed by atoms with Crippen LogP contribution < -0.4 is 15.3 Å². The second kappa shape index (κ2) is 8.40. The van der Waals surface area contributed by atoms with Gasteiger partial charge in [0.25, 0.3) is 0 Å². The Kier molecular flexibility index (Phi) is 4.89. The van der Waals surface area contributed by atoms with Gasteiger partial charge in [0.2, 0.25) is 0 Å². The number of aromatic nitrogens is 4. The van der Waals surface area contributed by atoms with E-state index in [2.05, 4.69) is 23.2 Å². The van der Waals surface area contributed by atoms with Gasteiger partial charge in [-0.2, -0.15) is 0 Å². The highest BCUT2D eigenvalue weighted by molar-refractivity contribution is 6.31. The monoisotopic (exact) mass is 486 g/mol. The Morgan fingerprint density at radius 2 is 1.36 bits per heavy atom. The molecule has 3 heterocycles. The number of benzene rings is 3. The molecule has 5 aromatic rings. The Balaban J connectivity index is 1.46. The zero-order chi connectivity index (χ0) is 24.1. The number of fused-ring (bicyclic) bond motifs is 4. The van der Waals surface area contributed by atoms with Crippen molar-refractivity contribution in [2.45, 2.75) is 12.0 Å². The average molecular weight is 487 g/mol. The Hall–Kier alpha value is -4.35. The third-order valence-electron chi connectivity index (χ3n) is 6.55. The van der Waals surface area contributed by atoms with Crippen LogP contribution in [0.4, 0.5) is 0 Å². The van der Waals surface area contributed by atoms with E-state index in [1.54, 1.807) is 6.20 Å². The number of nitrogens with zero attached hydrogens (tertiary/aromatic N) is 4. The summed E-state index contributed by atoms with van der Waals surface area (Å²) in [6.45, 7) is 0. The van der Waals surface area contributed by atoms with E-state index in [1.165, 1.54) is 0 Å². The minimum Gasteiger partial charge on any atom is -0.485 e. The van der Waals surface area contributed by atoms with Crippen LogP contribution in [0.2, 0.25) is 5.02 Å². The molecule has 0 bridgehead atoms. The molecule has 0 N–H and O–H groups in total. The lowest BCUT2D eigenvalue weighted by Crippen LogP contribution is -2.36. The molecular formula is C30H19ClN4O. The zero-order valence-electron chi connectivity index (χ0n) is 19.0. The van der Waals surface area contributed by atoms with Gasteiger partial charge in [0.1, 0.15) is 11.9 Å². The molecule has 7 rings (SSSR count). The van der Waals surface area contributed by atoms with Crippen molar-refractivity contribution in [2.24, 2.45) is 0 Å².